The Morgan fingerprint density at radius 2 is 1.79 bits per heavy atom. The summed E-state index contributed by atoms with van der Waals surface area (Å²) in [5.41, 5.74) is 10.5. The van der Waals surface area contributed by atoms with Crippen molar-refractivity contribution in [1.29, 1.82) is 0 Å². The standard InChI is InChI=1S/C17H22N2/c1-14-11-16(18)13-17(12-14)19(2)10-6-9-15-7-4-3-5-8-15/h3-5,7-8,11-13H,6,9-10,18H2,1-2H3. The number of anilines is 2. The number of hydrogen-bond acceptors (Lipinski definition) is 2. The summed E-state index contributed by atoms with van der Waals surface area (Å²) in [6.07, 6.45) is 2.26. The number of rotatable bonds is 5. The molecule has 0 spiro atoms. The first kappa shape index (κ1) is 13.5. The van der Waals surface area contributed by atoms with Crippen molar-refractivity contribution in [3.63, 3.8) is 0 Å². The van der Waals surface area contributed by atoms with Crippen molar-refractivity contribution in [2.75, 3.05) is 24.2 Å². The van der Waals surface area contributed by atoms with Gasteiger partial charge >= 0.3 is 0 Å². The number of nitrogen functional groups attached to an aromatic ring is 1. The molecule has 0 aliphatic rings. The van der Waals surface area contributed by atoms with Gasteiger partial charge in [-0.05, 0) is 49.1 Å². The Morgan fingerprint density at radius 3 is 2.47 bits per heavy atom. The minimum atomic E-state index is 0.838. The maximum Gasteiger partial charge on any atom is 0.0386 e. The average molecular weight is 254 g/mol. The molecule has 0 atom stereocenters. The lowest BCUT2D eigenvalue weighted by atomic mass is 10.1. The van der Waals surface area contributed by atoms with Crippen LogP contribution in [-0.4, -0.2) is 13.6 Å². The normalized spacial score (nSPS) is 10.4. The summed E-state index contributed by atoms with van der Waals surface area (Å²) in [6.45, 7) is 3.12. The van der Waals surface area contributed by atoms with E-state index in [0.717, 1.165) is 25.1 Å². The Hall–Kier alpha value is -1.96. The third kappa shape index (κ3) is 4.02. The van der Waals surface area contributed by atoms with E-state index in [2.05, 4.69) is 55.3 Å². The fraction of sp³-hybridized carbons (Fsp3) is 0.294. The Kier molecular flexibility index (Phi) is 4.45. The summed E-state index contributed by atoms with van der Waals surface area (Å²) in [5, 5.41) is 0. The van der Waals surface area contributed by atoms with Gasteiger partial charge < -0.3 is 10.6 Å². The van der Waals surface area contributed by atoms with E-state index >= 15 is 0 Å². The minimum absolute atomic E-state index is 0.838. The molecule has 0 heterocycles. The van der Waals surface area contributed by atoms with Crippen molar-refractivity contribution >= 4 is 11.4 Å². The van der Waals surface area contributed by atoms with Crippen molar-refractivity contribution in [3.05, 3.63) is 59.7 Å². The van der Waals surface area contributed by atoms with Gasteiger partial charge in [-0.1, -0.05) is 30.3 Å². The molecule has 2 nitrogen and oxygen atoms in total. The molecular weight excluding hydrogens is 232 g/mol. The molecule has 2 N–H and O–H groups in total. The van der Waals surface area contributed by atoms with Gasteiger partial charge in [0.15, 0.2) is 0 Å². The van der Waals surface area contributed by atoms with Gasteiger partial charge in [-0.2, -0.15) is 0 Å². The maximum atomic E-state index is 5.89. The highest BCUT2D eigenvalue weighted by molar-refractivity contribution is 5.57. The van der Waals surface area contributed by atoms with Crippen LogP contribution < -0.4 is 10.6 Å². The lowest BCUT2D eigenvalue weighted by Crippen LogP contribution is -2.19. The van der Waals surface area contributed by atoms with Crippen LogP contribution in [0.1, 0.15) is 17.5 Å². The first-order valence-corrected chi connectivity index (χ1v) is 6.77. The first-order chi connectivity index (χ1) is 9.15. The topological polar surface area (TPSA) is 29.3 Å². The molecule has 19 heavy (non-hydrogen) atoms. The maximum absolute atomic E-state index is 5.89. The van der Waals surface area contributed by atoms with Crippen molar-refractivity contribution in [2.45, 2.75) is 19.8 Å². The lowest BCUT2D eigenvalue weighted by Gasteiger charge is -2.20. The molecule has 0 saturated carbocycles. The zero-order valence-corrected chi connectivity index (χ0v) is 11.8. The monoisotopic (exact) mass is 254 g/mol. The molecule has 0 aliphatic heterocycles. The van der Waals surface area contributed by atoms with Gasteiger partial charge in [-0.25, -0.2) is 0 Å². The van der Waals surface area contributed by atoms with Crippen LogP contribution in [0.2, 0.25) is 0 Å². The van der Waals surface area contributed by atoms with Gasteiger partial charge in [0.2, 0.25) is 0 Å². The van der Waals surface area contributed by atoms with Gasteiger partial charge in [-0.3, -0.25) is 0 Å². The minimum Gasteiger partial charge on any atom is -0.399 e. The molecule has 0 fully saturated rings. The summed E-state index contributed by atoms with van der Waals surface area (Å²) in [7, 11) is 2.12. The van der Waals surface area contributed by atoms with Crippen LogP contribution in [0.3, 0.4) is 0 Å². The van der Waals surface area contributed by atoms with Gasteiger partial charge in [0.05, 0.1) is 0 Å². The second-order valence-electron chi connectivity index (χ2n) is 5.11. The highest BCUT2D eigenvalue weighted by atomic mass is 15.1. The van der Waals surface area contributed by atoms with Crippen molar-refractivity contribution in [2.24, 2.45) is 0 Å². The molecule has 0 aliphatic carbocycles. The molecule has 0 unspecified atom stereocenters. The average Bonchev–Trinajstić information content (AvgIpc) is 2.38. The van der Waals surface area contributed by atoms with E-state index < -0.39 is 0 Å². The zero-order chi connectivity index (χ0) is 13.7. The predicted molar refractivity (Wildman–Crippen MR) is 83.6 cm³/mol. The predicted octanol–water partition coefficient (Wildman–Crippen LogP) is 3.65. The third-order valence-electron chi connectivity index (χ3n) is 3.33. The second kappa shape index (κ2) is 6.28. The molecule has 0 radical (unpaired) electrons. The van der Waals surface area contributed by atoms with Crippen LogP contribution in [0, 0.1) is 6.92 Å². The Labute approximate surface area is 115 Å². The molecule has 0 saturated heterocycles. The quantitative estimate of drug-likeness (QED) is 0.825. The van der Waals surface area contributed by atoms with E-state index in [1.165, 1.54) is 16.8 Å². The Balaban J connectivity index is 1.89. The lowest BCUT2D eigenvalue weighted by molar-refractivity contribution is 0.786. The summed E-state index contributed by atoms with van der Waals surface area (Å²) in [6, 6.07) is 16.8. The number of aryl methyl sites for hydroxylation is 2. The smallest absolute Gasteiger partial charge is 0.0386 e. The SMILES string of the molecule is Cc1cc(N)cc(N(C)CCCc2ccccc2)c1. The summed E-state index contributed by atoms with van der Waals surface area (Å²) in [4.78, 5) is 2.27. The molecule has 0 aromatic heterocycles. The molecular formula is C17H22N2. The number of benzene rings is 2. The van der Waals surface area contributed by atoms with E-state index in [-0.39, 0.29) is 0 Å². The summed E-state index contributed by atoms with van der Waals surface area (Å²) in [5.74, 6) is 0. The van der Waals surface area contributed by atoms with E-state index in [9.17, 15) is 0 Å². The van der Waals surface area contributed by atoms with Gasteiger partial charge in [-0.15, -0.1) is 0 Å². The van der Waals surface area contributed by atoms with Crippen LogP contribution in [0.15, 0.2) is 48.5 Å². The van der Waals surface area contributed by atoms with Crippen LogP contribution in [0.25, 0.3) is 0 Å². The van der Waals surface area contributed by atoms with Crippen LogP contribution in [-0.2, 0) is 6.42 Å². The summed E-state index contributed by atoms with van der Waals surface area (Å²) < 4.78 is 0. The van der Waals surface area contributed by atoms with E-state index in [0.29, 0.717) is 0 Å². The van der Waals surface area contributed by atoms with Gasteiger partial charge in [0.1, 0.15) is 0 Å². The van der Waals surface area contributed by atoms with Crippen molar-refractivity contribution in [3.8, 4) is 0 Å². The fourth-order valence-corrected chi connectivity index (χ4v) is 2.31. The molecule has 100 valence electrons. The van der Waals surface area contributed by atoms with Crippen molar-refractivity contribution < 1.29 is 0 Å². The zero-order valence-electron chi connectivity index (χ0n) is 11.8. The molecule has 2 aromatic carbocycles. The Morgan fingerprint density at radius 1 is 1.05 bits per heavy atom. The van der Waals surface area contributed by atoms with Gasteiger partial charge in [0.25, 0.3) is 0 Å². The molecule has 0 amide bonds. The molecule has 2 rings (SSSR count). The van der Waals surface area contributed by atoms with Crippen LogP contribution >= 0.6 is 0 Å². The highest BCUT2D eigenvalue weighted by Crippen LogP contribution is 2.19. The van der Waals surface area contributed by atoms with Crippen LogP contribution in [0.4, 0.5) is 11.4 Å². The molecule has 2 aromatic rings. The highest BCUT2D eigenvalue weighted by Gasteiger charge is 2.02. The molecule has 0 bridgehead atoms. The second-order valence-corrected chi connectivity index (χ2v) is 5.11. The first-order valence-electron chi connectivity index (χ1n) is 6.77. The van der Waals surface area contributed by atoms with E-state index in [1.54, 1.807) is 0 Å². The third-order valence-corrected chi connectivity index (χ3v) is 3.33. The largest absolute Gasteiger partial charge is 0.399 e. The van der Waals surface area contributed by atoms with E-state index in [1.807, 2.05) is 12.1 Å². The fourth-order valence-electron chi connectivity index (χ4n) is 2.31. The summed E-state index contributed by atoms with van der Waals surface area (Å²) >= 11 is 0. The van der Waals surface area contributed by atoms with Crippen LogP contribution in [0.5, 0.6) is 0 Å². The van der Waals surface area contributed by atoms with E-state index in [4.69, 9.17) is 5.73 Å². The number of hydrogen-bond donors (Lipinski definition) is 1. The molecule has 2 heteroatoms. The van der Waals surface area contributed by atoms with Gasteiger partial charge in [0, 0.05) is 25.0 Å². The number of nitrogens with two attached hydrogens (primary N) is 1. The Bertz CT molecular complexity index is 500. The van der Waals surface area contributed by atoms with Crippen molar-refractivity contribution in [1.82, 2.24) is 0 Å². The number of nitrogens with zero attached hydrogens (tertiary/aromatic N) is 1.